The van der Waals surface area contributed by atoms with Crippen molar-refractivity contribution in [2.24, 2.45) is 0 Å². The Balaban J connectivity index is 1.90. The van der Waals surface area contributed by atoms with E-state index in [4.69, 9.17) is 16.3 Å². The Morgan fingerprint density at radius 3 is 2.29 bits per heavy atom. The summed E-state index contributed by atoms with van der Waals surface area (Å²) in [5.41, 5.74) is 2.31. The molecule has 1 aliphatic carbocycles. The SMILES string of the molecule is CCOC1(N(Cc2ccccc2)c2ccc(Cl)cc2)CC1. The predicted octanol–water partition coefficient (Wildman–Crippen LogP) is 4.87. The summed E-state index contributed by atoms with van der Waals surface area (Å²) < 4.78 is 6.05. The summed E-state index contributed by atoms with van der Waals surface area (Å²) in [5, 5.41) is 0.764. The summed E-state index contributed by atoms with van der Waals surface area (Å²) in [6.45, 7) is 3.64. The fraction of sp³-hybridized carbons (Fsp3) is 0.333. The van der Waals surface area contributed by atoms with Crippen LogP contribution in [0.1, 0.15) is 25.3 Å². The van der Waals surface area contributed by atoms with Crippen molar-refractivity contribution in [3.8, 4) is 0 Å². The standard InChI is InChI=1S/C18H20ClNO/c1-2-21-18(12-13-18)20(14-15-6-4-3-5-7-15)17-10-8-16(19)9-11-17/h3-11H,2,12-14H2,1H3. The van der Waals surface area contributed by atoms with E-state index in [2.05, 4.69) is 48.2 Å². The van der Waals surface area contributed by atoms with Gasteiger partial charge in [0.25, 0.3) is 0 Å². The van der Waals surface area contributed by atoms with Gasteiger partial charge in [0.2, 0.25) is 0 Å². The molecule has 0 aromatic heterocycles. The number of benzene rings is 2. The first-order chi connectivity index (χ1) is 10.2. The first-order valence-electron chi connectivity index (χ1n) is 7.45. The molecule has 1 fully saturated rings. The Morgan fingerprint density at radius 1 is 1.05 bits per heavy atom. The van der Waals surface area contributed by atoms with Crippen LogP contribution in [0.15, 0.2) is 54.6 Å². The van der Waals surface area contributed by atoms with Gasteiger partial charge in [-0.1, -0.05) is 41.9 Å². The van der Waals surface area contributed by atoms with E-state index in [1.54, 1.807) is 0 Å². The fourth-order valence-corrected chi connectivity index (χ4v) is 2.85. The second kappa shape index (κ2) is 6.08. The molecule has 0 amide bonds. The lowest BCUT2D eigenvalue weighted by atomic mass is 10.2. The van der Waals surface area contributed by atoms with Crippen LogP contribution in [0.4, 0.5) is 5.69 Å². The lowest BCUT2D eigenvalue weighted by Gasteiger charge is -2.34. The first kappa shape index (κ1) is 14.4. The second-order valence-corrected chi connectivity index (χ2v) is 5.86. The molecule has 1 aliphatic rings. The highest BCUT2D eigenvalue weighted by molar-refractivity contribution is 6.30. The van der Waals surface area contributed by atoms with Crippen molar-refractivity contribution in [3.05, 3.63) is 65.2 Å². The van der Waals surface area contributed by atoms with E-state index >= 15 is 0 Å². The van der Waals surface area contributed by atoms with Gasteiger partial charge < -0.3 is 9.64 Å². The molecule has 0 unspecified atom stereocenters. The van der Waals surface area contributed by atoms with E-state index in [1.807, 2.05) is 18.2 Å². The fourth-order valence-electron chi connectivity index (χ4n) is 2.73. The van der Waals surface area contributed by atoms with Crippen LogP contribution in [-0.2, 0) is 11.3 Å². The van der Waals surface area contributed by atoms with Crippen molar-refractivity contribution < 1.29 is 4.74 Å². The zero-order valence-electron chi connectivity index (χ0n) is 12.3. The van der Waals surface area contributed by atoms with Crippen molar-refractivity contribution >= 4 is 17.3 Å². The summed E-state index contributed by atoms with van der Waals surface area (Å²) in [5.74, 6) is 0. The van der Waals surface area contributed by atoms with Crippen LogP contribution in [0.2, 0.25) is 5.02 Å². The maximum atomic E-state index is 6.05. The van der Waals surface area contributed by atoms with Gasteiger partial charge in [0, 0.05) is 23.9 Å². The number of rotatable bonds is 6. The molecule has 0 heterocycles. The van der Waals surface area contributed by atoms with Crippen LogP contribution in [0.25, 0.3) is 0 Å². The van der Waals surface area contributed by atoms with E-state index < -0.39 is 0 Å². The van der Waals surface area contributed by atoms with Crippen LogP contribution in [0.3, 0.4) is 0 Å². The largest absolute Gasteiger partial charge is 0.356 e. The second-order valence-electron chi connectivity index (χ2n) is 5.43. The van der Waals surface area contributed by atoms with Crippen molar-refractivity contribution in [2.45, 2.75) is 32.0 Å². The van der Waals surface area contributed by atoms with Crippen LogP contribution in [0.5, 0.6) is 0 Å². The van der Waals surface area contributed by atoms with Gasteiger partial charge >= 0.3 is 0 Å². The lowest BCUT2D eigenvalue weighted by molar-refractivity contribution is 0.0379. The van der Waals surface area contributed by atoms with Crippen molar-refractivity contribution in [1.29, 1.82) is 0 Å². The molecule has 21 heavy (non-hydrogen) atoms. The van der Waals surface area contributed by atoms with Gasteiger partial charge in [-0.3, -0.25) is 0 Å². The highest BCUT2D eigenvalue weighted by Crippen LogP contribution is 2.46. The van der Waals surface area contributed by atoms with Gasteiger partial charge in [0.15, 0.2) is 0 Å². The molecule has 0 radical (unpaired) electrons. The highest BCUT2D eigenvalue weighted by atomic mass is 35.5. The van der Waals surface area contributed by atoms with Crippen molar-refractivity contribution in [3.63, 3.8) is 0 Å². The number of ether oxygens (including phenoxy) is 1. The number of anilines is 1. The topological polar surface area (TPSA) is 12.5 Å². The number of halogens is 1. The average Bonchev–Trinajstić information content (AvgIpc) is 3.28. The van der Waals surface area contributed by atoms with Gasteiger partial charge in [0.05, 0.1) is 0 Å². The molecule has 0 spiro atoms. The Hall–Kier alpha value is -1.51. The summed E-state index contributed by atoms with van der Waals surface area (Å²) in [6, 6.07) is 18.6. The Labute approximate surface area is 131 Å². The quantitative estimate of drug-likeness (QED) is 0.706. The van der Waals surface area contributed by atoms with Crippen LogP contribution < -0.4 is 4.90 Å². The summed E-state index contributed by atoms with van der Waals surface area (Å²) >= 11 is 6.02. The van der Waals surface area contributed by atoms with Gasteiger partial charge in [-0.15, -0.1) is 0 Å². The molecule has 2 aromatic carbocycles. The number of hydrogen-bond donors (Lipinski definition) is 0. The maximum Gasteiger partial charge on any atom is 0.141 e. The number of hydrogen-bond acceptors (Lipinski definition) is 2. The Kier molecular flexibility index (Phi) is 4.18. The average molecular weight is 302 g/mol. The minimum absolute atomic E-state index is 0.140. The third kappa shape index (κ3) is 3.22. The van der Waals surface area contributed by atoms with Crippen LogP contribution in [0, 0.1) is 0 Å². The molecule has 3 rings (SSSR count). The monoisotopic (exact) mass is 301 g/mol. The minimum atomic E-state index is -0.140. The van der Waals surface area contributed by atoms with E-state index in [1.165, 1.54) is 5.56 Å². The van der Waals surface area contributed by atoms with Crippen LogP contribution >= 0.6 is 11.6 Å². The molecule has 1 saturated carbocycles. The molecule has 0 bridgehead atoms. The van der Waals surface area contributed by atoms with E-state index in [9.17, 15) is 0 Å². The molecule has 0 N–H and O–H groups in total. The predicted molar refractivity (Wildman–Crippen MR) is 87.7 cm³/mol. The molecular formula is C18H20ClNO. The summed E-state index contributed by atoms with van der Waals surface area (Å²) in [4.78, 5) is 2.36. The highest BCUT2D eigenvalue weighted by Gasteiger charge is 2.49. The molecule has 0 aliphatic heterocycles. The van der Waals surface area contributed by atoms with Gasteiger partial charge in [-0.2, -0.15) is 0 Å². The van der Waals surface area contributed by atoms with Gasteiger partial charge in [0.1, 0.15) is 5.72 Å². The van der Waals surface area contributed by atoms with Gasteiger partial charge in [-0.25, -0.2) is 0 Å². The minimum Gasteiger partial charge on any atom is -0.356 e. The van der Waals surface area contributed by atoms with Gasteiger partial charge in [-0.05, 0) is 49.6 Å². The molecule has 0 atom stereocenters. The molecule has 110 valence electrons. The van der Waals surface area contributed by atoms with E-state index in [0.717, 1.165) is 36.7 Å². The molecule has 3 heteroatoms. The third-order valence-electron chi connectivity index (χ3n) is 3.90. The van der Waals surface area contributed by atoms with E-state index in [0.29, 0.717) is 0 Å². The maximum absolute atomic E-state index is 6.05. The Morgan fingerprint density at radius 2 is 1.71 bits per heavy atom. The molecule has 2 nitrogen and oxygen atoms in total. The smallest absolute Gasteiger partial charge is 0.141 e. The third-order valence-corrected chi connectivity index (χ3v) is 4.16. The van der Waals surface area contributed by atoms with Crippen LogP contribution in [-0.4, -0.2) is 12.3 Å². The Bertz CT molecular complexity index is 578. The zero-order chi connectivity index (χ0) is 14.7. The van der Waals surface area contributed by atoms with Crippen molar-refractivity contribution in [2.75, 3.05) is 11.5 Å². The first-order valence-corrected chi connectivity index (χ1v) is 7.82. The van der Waals surface area contributed by atoms with Crippen molar-refractivity contribution in [1.82, 2.24) is 0 Å². The molecular weight excluding hydrogens is 282 g/mol. The summed E-state index contributed by atoms with van der Waals surface area (Å²) in [7, 11) is 0. The summed E-state index contributed by atoms with van der Waals surface area (Å²) in [6.07, 6.45) is 2.16. The van der Waals surface area contributed by atoms with E-state index in [-0.39, 0.29) is 5.72 Å². The number of nitrogens with zero attached hydrogens (tertiary/aromatic N) is 1. The zero-order valence-corrected chi connectivity index (χ0v) is 13.0. The molecule has 2 aromatic rings. The molecule has 0 saturated heterocycles. The normalized spacial score (nSPS) is 15.7. The lowest BCUT2D eigenvalue weighted by Crippen LogP contribution is -2.39.